The Kier molecular flexibility index (Phi) is 5.23. The summed E-state index contributed by atoms with van der Waals surface area (Å²) in [5, 5.41) is 1.53. The minimum Gasteiger partial charge on any atom is -0.376 e. The molecule has 0 amide bonds. The fourth-order valence-corrected chi connectivity index (χ4v) is 3.96. The van der Waals surface area contributed by atoms with Crippen molar-refractivity contribution in [1.29, 1.82) is 0 Å². The Bertz CT molecular complexity index is 371. The summed E-state index contributed by atoms with van der Waals surface area (Å²) >= 11 is 0. The fourth-order valence-electron chi connectivity index (χ4n) is 2.80. The van der Waals surface area contributed by atoms with Gasteiger partial charge in [-0.3, -0.25) is 0 Å². The Morgan fingerprint density at radius 1 is 1.00 bits per heavy atom. The summed E-state index contributed by atoms with van der Waals surface area (Å²) in [5.74, 6) is 0.815. The summed E-state index contributed by atoms with van der Waals surface area (Å²) in [5.41, 5.74) is 1.32. The van der Waals surface area contributed by atoms with Crippen LogP contribution in [0.2, 0.25) is 19.6 Å². The molecule has 0 saturated heterocycles. The molecule has 1 aromatic carbocycles. The van der Waals surface area contributed by atoms with E-state index in [9.17, 15) is 0 Å². The zero-order valence-electron chi connectivity index (χ0n) is 12.7. The molecule has 2 rings (SSSR count). The molecule has 0 unspecified atom stereocenters. The van der Waals surface area contributed by atoms with Crippen LogP contribution in [0.4, 0.5) is 0 Å². The average molecular weight is 276 g/mol. The average Bonchev–Trinajstić information content (AvgIpc) is 2.39. The van der Waals surface area contributed by atoms with Gasteiger partial charge >= 0.3 is 0 Å². The normalized spacial score (nSPS) is 17.6. The third kappa shape index (κ3) is 4.77. The van der Waals surface area contributed by atoms with Gasteiger partial charge in [-0.25, -0.2) is 0 Å². The molecule has 1 aliphatic carbocycles. The van der Waals surface area contributed by atoms with Gasteiger partial charge < -0.3 is 4.74 Å². The van der Waals surface area contributed by atoms with E-state index in [2.05, 4.69) is 43.9 Å². The second kappa shape index (κ2) is 6.71. The second-order valence-corrected chi connectivity index (χ2v) is 12.0. The Hall–Kier alpha value is -0.603. The van der Waals surface area contributed by atoms with Gasteiger partial charge in [-0.2, -0.15) is 0 Å². The maximum atomic E-state index is 5.90. The molecule has 0 radical (unpaired) electrons. The molecule has 0 aliphatic heterocycles. The van der Waals surface area contributed by atoms with E-state index in [1.165, 1.54) is 42.9 Å². The van der Waals surface area contributed by atoms with Crippen molar-refractivity contribution in [3.63, 3.8) is 0 Å². The van der Waals surface area contributed by atoms with Crippen LogP contribution in [0.1, 0.15) is 37.7 Å². The number of ether oxygens (including phenoxy) is 1. The molecule has 0 spiro atoms. The van der Waals surface area contributed by atoms with Gasteiger partial charge in [-0.1, -0.05) is 68.4 Å². The fraction of sp³-hybridized carbons (Fsp3) is 0.647. The standard InChI is InChI=1S/C17H28OSi/c1-19(2,3)17-11-9-16(10-12-17)14-18-13-15-7-5-4-6-8-15/h9-12,15H,4-8,13-14H2,1-3H3. The van der Waals surface area contributed by atoms with Crippen molar-refractivity contribution in [3.8, 4) is 0 Å². The zero-order valence-corrected chi connectivity index (χ0v) is 13.7. The molecule has 0 aromatic heterocycles. The van der Waals surface area contributed by atoms with Crippen LogP contribution in [0.25, 0.3) is 0 Å². The summed E-state index contributed by atoms with van der Waals surface area (Å²) in [4.78, 5) is 0. The molecule has 1 fully saturated rings. The first-order chi connectivity index (χ1) is 9.05. The van der Waals surface area contributed by atoms with E-state index in [0.717, 1.165) is 19.1 Å². The molecule has 2 heteroatoms. The second-order valence-electron chi connectivity index (χ2n) is 6.97. The quantitative estimate of drug-likeness (QED) is 0.727. The van der Waals surface area contributed by atoms with Gasteiger partial charge in [-0.15, -0.1) is 0 Å². The van der Waals surface area contributed by atoms with Crippen LogP contribution in [-0.4, -0.2) is 14.7 Å². The summed E-state index contributed by atoms with van der Waals surface area (Å²) in [7, 11) is -1.16. The van der Waals surface area contributed by atoms with E-state index in [0.29, 0.717) is 0 Å². The molecule has 1 aromatic rings. The first-order valence-electron chi connectivity index (χ1n) is 7.73. The monoisotopic (exact) mass is 276 g/mol. The zero-order chi connectivity index (χ0) is 13.7. The Balaban J connectivity index is 1.76. The van der Waals surface area contributed by atoms with Gasteiger partial charge in [0, 0.05) is 6.61 Å². The summed E-state index contributed by atoms with van der Waals surface area (Å²) in [6, 6.07) is 9.08. The Morgan fingerprint density at radius 3 is 2.21 bits per heavy atom. The molecule has 1 saturated carbocycles. The van der Waals surface area contributed by atoms with Crippen molar-refractivity contribution < 1.29 is 4.74 Å². The minimum absolute atomic E-state index is 0.780. The topological polar surface area (TPSA) is 9.23 Å². The van der Waals surface area contributed by atoms with Gasteiger partial charge in [0.2, 0.25) is 0 Å². The highest BCUT2D eigenvalue weighted by Gasteiger charge is 2.16. The van der Waals surface area contributed by atoms with Crippen LogP contribution in [0, 0.1) is 5.92 Å². The van der Waals surface area contributed by atoms with E-state index in [1.54, 1.807) is 0 Å². The molecule has 0 heterocycles. The first kappa shape index (κ1) is 14.8. The lowest BCUT2D eigenvalue weighted by molar-refractivity contribution is 0.0739. The third-order valence-electron chi connectivity index (χ3n) is 4.17. The number of benzene rings is 1. The minimum atomic E-state index is -1.16. The van der Waals surface area contributed by atoms with Crippen LogP contribution in [-0.2, 0) is 11.3 Å². The van der Waals surface area contributed by atoms with Crippen molar-refractivity contribution in [2.45, 2.75) is 58.4 Å². The SMILES string of the molecule is C[Si](C)(C)c1ccc(COCC2CCCCC2)cc1. The summed E-state index contributed by atoms with van der Waals surface area (Å²) in [6.07, 6.45) is 6.97. The van der Waals surface area contributed by atoms with Gasteiger partial charge in [0.15, 0.2) is 0 Å². The largest absolute Gasteiger partial charge is 0.376 e. The summed E-state index contributed by atoms with van der Waals surface area (Å²) < 4.78 is 5.90. The van der Waals surface area contributed by atoms with Crippen molar-refractivity contribution in [1.82, 2.24) is 0 Å². The van der Waals surface area contributed by atoms with Gasteiger partial charge in [0.25, 0.3) is 0 Å². The predicted octanol–water partition coefficient (Wildman–Crippen LogP) is 4.33. The van der Waals surface area contributed by atoms with Crippen molar-refractivity contribution in [2.24, 2.45) is 5.92 Å². The molecular formula is C17H28OSi. The molecule has 19 heavy (non-hydrogen) atoms. The van der Waals surface area contributed by atoms with Crippen LogP contribution in [0.3, 0.4) is 0 Å². The maximum absolute atomic E-state index is 5.90. The smallest absolute Gasteiger partial charge is 0.0775 e. The number of rotatable bonds is 5. The number of hydrogen-bond acceptors (Lipinski definition) is 1. The highest BCUT2D eigenvalue weighted by atomic mass is 28.3. The summed E-state index contributed by atoms with van der Waals surface area (Å²) in [6.45, 7) is 8.91. The van der Waals surface area contributed by atoms with Gasteiger partial charge in [0.05, 0.1) is 14.7 Å². The number of hydrogen-bond donors (Lipinski definition) is 0. The third-order valence-corrected chi connectivity index (χ3v) is 6.23. The van der Waals surface area contributed by atoms with E-state index >= 15 is 0 Å². The van der Waals surface area contributed by atoms with E-state index in [-0.39, 0.29) is 0 Å². The van der Waals surface area contributed by atoms with Crippen molar-refractivity contribution in [3.05, 3.63) is 29.8 Å². The molecule has 1 nitrogen and oxygen atoms in total. The predicted molar refractivity (Wildman–Crippen MR) is 85.7 cm³/mol. The van der Waals surface area contributed by atoms with Crippen LogP contribution in [0.15, 0.2) is 24.3 Å². The van der Waals surface area contributed by atoms with Crippen molar-refractivity contribution >= 4 is 13.3 Å². The highest BCUT2D eigenvalue weighted by molar-refractivity contribution is 6.88. The van der Waals surface area contributed by atoms with Crippen LogP contribution < -0.4 is 5.19 Å². The lowest BCUT2D eigenvalue weighted by Crippen LogP contribution is -2.37. The molecular weight excluding hydrogens is 248 g/mol. The van der Waals surface area contributed by atoms with Crippen LogP contribution >= 0.6 is 0 Å². The maximum Gasteiger partial charge on any atom is 0.0775 e. The van der Waals surface area contributed by atoms with Gasteiger partial charge in [-0.05, 0) is 24.3 Å². The Morgan fingerprint density at radius 2 is 1.63 bits per heavy atom. The van der Waals surface area contributed by atoms with Crippen LogP contribution in [0.5, 0.6) is 0 Å². The lowest BCUT2D eigenvalue weighted by atomic mass is 9.90. The molecule has 0 atom stereocenters. The first-order valence-corrected chi connectivity index (χ1v) is 11.2. The van der Waals surface area contributed by atoms with Crippen molar-refractivity contribution in [2.75, 3.05) is 6.61 Å². The van der Waals surface area contributed by atoms with E-state index in [1.807, 2.05) is 0 Å². The molecule has 0 bridgehead atoms. The highest BCUT2D eigenvalue weighted by Crippen LogP contribution is 2.23. The lowest BCUT2D eigenvalue weighted by Gasteiger charge is -2.21. The van der Waals surface area contributed by atoms with E-state index in [4.69, 9.17) is 4.74 Å². The van der Waals surface area contributed by atoms with Gasteiger partial charge in [0.1, 0.15) is 0 Å². The molecule has 1 aliphatic rings. The van der Waals surface area contributed by atoms with E-state index < -0.39 is 8.07 Å². The molecule has 106 valence electrons. The molecule has 0 N–H and O–H groups in total. The Labute approximate surface area is 119 Å².